The van der Waals surface area contributed by atoms with Gasteiger partial charge >= 0.3 is 0 Å². The van der Waals surface area contributed by atoms with Gasteiger partial charge in [-0.2, -0.15) is 0 Å². The van der Waals surface area contributed by atoms with E-state index in [0.717, 1.165) is 12.5 Å². The van der Waals surface area contributed by atoms with Crippen LogP contribution in [0.2, 0.25) is 0 Å². The molecule has 1 nitrogen and oxygen atoms in total. The van der Waals surface area contributed by atoms with Gasteiger partial charge < -0.3 is 5.32 Å². The Morgan fingerprint density at radius 3 is 2.71 bits per heavy atom. The number of nitrogens with one attached hydrogen (secondary N) is 1. The molecule has 0 spiro atoms. The largest absolute Gasteiger partial charge is 0.314 e. The van der Waals surface area contributed by atoms with Gasteiger partial charge in [0.15, 0.2) is 0 Å². The van der Waals surface area contributed by atoms with Gasteiger partial charge in [0.1, 0.15) is 0 Å². The average molecular weight is 287 g/mol. The molecule has 0 amide bonds. The lowest BCUT2D eigenvalue weighted by molar-refractivity contribution is 0.312. The van der Waals surface area contributed by atoms with Crippen molar-refractivity contribution in [2.24, 2.45) is 5.92 Å². The van der Waals surface area contributed by atoms with Crippen LogP contribution in [0.15, 0.2) is 24.3 Å². The highest BCUT2D eigenvalue weighted by molar-refractivity contribution is 5.23. The van der Waals surface area contributed by atoms with Crippen molar-refractivity contribution >= 4 is 0 Å². The second-order valence-corrected chi connectivity index (χ2v) is 6.93. The van der Waals surface area contributed by atoms with Crippen LogP contribution in [0.4, 0.5) is 0 Å². The molecule has 1 aliphatic rings. The van der Waals surface area contributed by atoms with Gasteiger partial charge in [-0.05, 0) is 50.6 Å². The standard InChI is InChI=1S/C20H33N/c1-3-14-21-20(13-12-18-9-5-4-6-10-18)16-19-11-7-8-17(2)15-19/h7-8,11,15,18,20-21H,3-6,9-10,12-14,16H2,1-2H3. The summed E-state index contributed by atoms with van der Waals surface area (Å²) in [4.78, 5) is 0. The van der Waals surface area contributed by atoms with Crippen LogP contribution < -0.4 is 5.32 Å². The highest BCUT2D eigenvalue weighted by atomic mass is 14.9. The number of hydrogen-bond acceptors (Lipinski definition) is 1. The van der Waals surface area contributed by atoms with Gasteiger partial charge in [0, 0.05) is 6.04 Å². The van der Waals surface area contributed by atoms with Gasteiger partial charge in [-0.3, -0.25) is 0 Å². The Hall–Kier alpha value is -0.820. The highest BCUT2D eigenvalue weighted by Gasteiger charge is 2.16. The quantitative estimate of drug-likeness (QED) is 0.687. The summed E-state index contributed by atoms with van der Waals surface area (Å²) < 4.78 is 0. The fourth-order valence-corrected chi connectivity index (χ4v) is 3.66. The zero-order valence-corrected chi connectivity index (χ0v) is 14.0. The summed E-state index contributed by atoms with van der Waals surface area (Å²) in [7, 11) is 0. The van der Waals surface area contributed by atoms with Gasteiger partial charge in [-0.25, -0.2) is 0 Å². The third kappa shape index (κ3) is 6.22. The van der Waals surface area contributed by atoms with E-state index in [0.29, 0.717) is 6.04 Å². The molecule has 1 fully saturated rings. The third-order valence-electron chi connectivity index (χ3n) is 4.90. The highest BCUT2D eigenvalue weighted by Crippen LogP contribution is 2.28. The monoisotopic (exact) mass is 287 g/mol. The minimum absolute atomic E-state index is 0.661. The van der Waals surface area contributed by atoms with Gasteiger partial charge in [-0.1, -0.05) is 68.9 Å². The van der Waals surface area contributed by atoms with E-state index in [-0.39, 0.29) is 0 Å². The molecule has 0 aliphatic heterocycles. The van der Waals surface area contributed by atoms with E-state index < -0.39 is 0 Å². The van der Waals surface area contributed by atoms with Crippen LogP contribution in [0.5, 0.6) is 0 Å². The number of hydrogen-bond donors (Lipinski definition) is 1. The van der Waals surface area contributed by atoms with Crippen LogP contribution in [-0.4, -0.2) is 12.6 Å². The molecule has 0 radical (unpaired) electrons. The molecular formula is C20H33N. The molecule has 21 heavy (non-hydrogen) atoms. The van der Waals surface area contributed by atoms with E-state index >= 15 is 0 Å². The van der Waals surface area contributed by atoms with Crippen molar-refractivity contribution in [1.82, 2.24) is 5.32 Å². The molecule has 1 heteroatoms. The fraction of sp³-hybridized carbons (Fsp3) is 0.700. The molecule has 1 aromatic rings. The van der Waals surface area contributed by atoms with Crippen LogP contribution in [0.1, 0.15) is 69.4 Å². The molecular weight excluding hydrogens is 254 g/mol. The Morgan fingerprint density at radius 2 is 2.00 bits per heavy atom. The summed E-state index contributed by atoms with van der Waals surface area (Å²) in [5.41, 5.74) is 2.88. The first-order chi connectivity index (χ1) is 10.3. The predicted molar refractivity (Wildman–Crippen MR) is 92.8 cm³/mol. The van der Waals surface area contributed by atoms with Crippen molar-refractivity contribution in [2.75, 3.05) is 6.54 Å². The Labute approximate surface area is 131 Å². The normalized spacial score (nSPS) is 17.8. The zero-order valence-electron chi connectivity index (χ0n) is 14.0. The summed E-state index contributed by atoms with van der Waals surface area (Å²) in [6.45, 7) is 5.61. The fourth-order valence-electron chi connectivity index (χ4n) is 3.66. The van der Waals surface area contributed by atoms with Crippen LogP contribution >= 0.6 is 0 Å². The lowest BCUT2D eigenvalue weighted by Gasteiger charge is -2.25. The van der Waals surface area contributed by atoms with E-state index in [1.54, 1.807) is 0 Å². The van der Waals surface area contributed by atoms with Crippen LogP contribution in [0, 0.1) is 12.8 Å². The maximum Gasteiger partial charge on any atom is 0.0108 e. The molecule has 1 aromatic carbocycles. The van der Waals surface area contributed by atoms with Crippen LogP contribution in [0.3, 0.4) is 0 Å². The molecule has 0 heterocycles. The molecule has 1 unspecified atom stereocenters. The van der Waals surface area contributed by atoms with Crippen LogP contribution in [-0.2, 0) is 6.42 Å². The number of aryl methyl sites for hydroxylation is 1. The van der Waals surface area contributed by atoms with Crippen LogP contribution in [0.25, 0.3) is 0 Å². The lowest BCUT2D eigenvalue weighted by atomic mass is 9.84. The molecule has 1 atom stereocenters. The second kappa shape index (κ2) is 9.25. The first kappa shape index (κ1) is 16.5. The minimum atomic E-state index is 0.661. The average Bonchev–Trinajstić information content (AvgIpc) is 2.51. The van der Waals surface area contributed by atoms with Crippen molar-refractivity contribution in [3.05, 3.63) is 35.4 Å². The molecule has 1 aliphatic carbocycles. The van der Waals surface area contributed by atoms with E-state index in [2.05, 4.69) is 43.4 Å². The summed E-state index contributed by atoms with van der Waals surface area (Å²) in [5, 5.41) is 3.78. The van der Waals surface area contributed by atoms with Crippen molar-refractivity contribution in [1.29, 1.82) is 0 Å². The zero-order chi connectivity index (χ0) is 14.9. The maximum absolute atomic E-state index is 3.78. The minimum Gasteiger partial charge on any atom is -0.314 e. The van der Waals surface area contributed by atoms with E-state index in [4.69, 9.17) is 0 Å². The first-order valence-corrected chi connectivity index (χ1v) is 9.07. The predicted octanol–water partition coefficient (Wildman–Crippen LogP) is 5.27. The van der Waals surface area contributed by atoms with Gasteiger partial charge in [0.2, 0.25) is 0 Å². The molecule has 0 bridgehead atoms. The van der Waals surface area contributed by atoms with Gasteiger partial charge in [0.25, 0.3) is 0 Å². The SMILES string of the molecule is CCCNC(CCC1CCCCC1)Cc1cccc(C)c1. The Morgan fingerprint density at radius 1 is 1.19 bits per heavy atom. The molecule has 2 rings (SSSR count). The van der Waals surface area contributed by atoms with E-state index in [1.165, 1.54) is 68.9 Å². The topological polar surface area (TPSA) is 12.0 Å². The van der Waals surface area contributed by atoms with E-state index in [9.17, 15) is 0 Å². The summed E-state index contributed by atoms with van der Waals surface area (Å²) in [6, 6.07) is 9.69. The summed E-state index contributed by atoms with van der Waals surface area (Å²) in [5.74, 6) is 1.00. The van der Waals surface area contributed by atoms with Gasteiger partial charge in [-0.15, -0.1) is 0 Å². The van der Waals surface area contributed by atoms with E-state index in [1.807, 2.05) is 0 Å². The van der Waals surface area contributed by atoms with Crippen molar-refractivity contribution in [3.63, 3.8) is 0 Å². The first-order valence-electron chi connectivity index (χ1n) is 9.07. The van der Waals surface area contributed by atoms with Crippen molar-refractivity contribution < 1.29 is 0 Å². The number of benzene rings is 1. The second-order valence-electron chi connectivity index (χ2n) is 6.93. The molecule has 118 valence electrons. The molecule has 0 saturated heterocycles. The molecule has 1 saturated carbocycles. The van der Waals surface area contributed by atoms with Crippen molar-refractivity contribution in [2.45, 2.75) is 77.7 Å². The van der Waals surface area contributed by atoms with Crippen molar-refractivity contribution in [3.8, 4) is 0 Å². The van der Waals surface area contributed by atoms with Gasteiger partial charge in [0.05, 0.1) is 0 Å². The Bertz CT molecular complexity index is 393. The Kier molecular flexibility index (Phi) is 7.29. The third-order valence-corrected chi connectivity index (χ3v) is 4.90. The lowest BCUT2D eigenvalue weighted by Crippen LogP contribution is -2.32. The molecule has 1 N–H and O–H groups in total. The number of rotatable bonds is 8. The smallest absolute Gasteiger partial charge is 0.0108 e. The maximum atomic E-state index is 3.78. The summed E-state index contributed by atoms with van der Waals surface area (Å²) >= 11 is 0. The summed E-state index contributed by atoms with van der Waals surface area (Å²) in [6.07, 6.45) is 12.5. The molecule has 0 aromatic heterocycles. The Balaban J connectivity index is 1.84.